The summed E-state index contributed by atoms with van der Waals surface area (Å²) in [4.78, 5) is 16.8. The van der Waals surface area contributed by atoms with Crippen molar-refractivity contribution >= 4 is 5.91 Å². The fourth-order valence-corrected chi connectivity index (χ4v) is 3.58. The molecule has 23 heavy (non-hydrogen) atoms. The largest absolute Gasteiger partial charge is 0.344 e. The first-order chi connectivity index (χ1) is 10.9. The van der Waals surface area contributed by atoms with Gasteiger partial charge in [0.2, 0.25) is 5.91 Å². The zero-order valence-electron chi connectivity index (χ0n) is 14.8. The standard InChI is InChI=1S/C19H31N3O/c1-4-11-19(2,20)18(23)21(3)13-17-10-12-22(15-17)14-16-8-6-5-7-9-16/h5-9,17H,4,10-15,20H2,1-3H3. The van der Waals surface area contributed by atoms with Crippen LogP contribution in [0.1, 0.15) is 38.7 Å². The highest BCUT2D eigenvalue weighted by molar-refractivity contribution is 5.85. The van der Waals surface area contributed by atoms with Crippen molar-refractivity contribution in [3.8, 4) is 0 Å². The van der Waals surface area contributed by atoms with E-state index in [1.165, 1.54) is 5.56 Å². The zero-order chi connectivity index (χ0) is 16.9. The van der Waals surface area contributed by atoms with Crippen molar-refractivity contribution in [2.75, 3.05) is 26.7 Å². The molecular weight excluding hydrogens is 286 g/mol. The molecule has 1 aliphatic rings. The number of carbonyl (C=O) groups is 1. The van der Waals surface area contributed by atoms with Gasteiger partial charge in [0.1, 0.15) is 0 Å². The van der Waals surface area contributed by atoms with Gasteiger partial charge in [0.15, 0.2) is 0 Å². The number of benzene rings is 1. The smallest absolute Gasteiger partial charge is 0.242 e. The highest BCUT2D eigenvalue weighted by Gasteiger charge is 2.32. The predicted molar refractivity (Wildman–Crippen MR) is 95.0 cm³/mol. The SMILES string of the molecule is CCCC(C)(N)C(=O)N(C)CC1CCN(Cc2ccccc2)C1. The molecule has 4 heteroatoms. The van der Waals surface area contributed by atoms with Crippen LogP contribution in [-0.2, 0) is 11.3 Å². The maximum atomic E-state index is 12.5. The van der Waals surface area contributed by atoms with Gasteiger partial charge in [-0.3, -0.25) is 9.69 Å². The fourth-order valence-electron chi connectivity index (χ4n) is 3.58. The molecule has 1 aliphatic heterocycles. The van der Waals surface area contributed by atoms with Crippen LogP contribution in [0.4, 0.5) is 0 Å². The number of likely N-dealkylation sites (tertiary alicyclic amines) is 1. The van der Waals surface area contributed by atoms with Crippen molar-refractivity contribution in [2.24, 2.45) is 11.7 Å². The molecule has 0 aromatic heterocycles. The molecule has 0 aliphatic carbocycles. The Morgan fingerprint density at radius 1 is 1.39 bits per heavy atom. The second-order valence-corrected chi connectivity index (χ2v) is 7.23. The number of hydrogen-bond donors (Lipinski definition) is 1. The van der Waals surface area contributed by atoms with E-state index in [9.17, 15) is 4.79 Å². The van der Waals surface area contributed by atoms with E-state index in [1.54, 1.807) is 0 Å². The van der Waals surface area contributed by atoms with Gasteiger partial charge >= 0.3 is 0 Å². The number of nitrogens with two attached hydrogens (primary N) is 1. The first-order valence-electron chi connectivity index (χ1n) is 8.73. The number of hydrogen-bond acceptors (Lipinski definition) is 3. The molecule has 2 N–H and O–H groups in total. The highest BCUT2D eigenvalue weighted by atomic mass is 16.2. The van der Waals surface area contributed by atoms with Gasteiger partial charge in [-0.05, 0) is 37.8 Å². The normalized spacial score (nSPS) is 21.1. The molecule has 128 valence electrons. The minimum absolute atomic E-state index is 0.0702. The Balaban J connectivity index is 1.82. The maximum absolute atomic E-state index is 12.5. The minimum atomic E-state index is -0.730. The molecule has 1 amide bonds. The van der Waals surface area contributed by atoms with Crippen molar-refractivity contribution in [1.29, 1.82) is 0 Å². The summed E-state index contributed by atoms with van der Waals surface area (Å²) in [6.45, 7) is 7.89. The maximum Gasteiger partial charge on any atom is 0.242 e. The van der Waals surface area contributed by atoms with Crippen LogP contribution in [0, 0.1) is 5.92 Å². The monoisotopic (exact) mass is 317 g/mol. The summed E-state index contributed by atoms with van der Waals surface area (Å²) in [5.41, 5.74) is 6.80. The molecule has 2 unspecified atom stereocenters. The Morgan fingerprint density at radius 3 is 2.74 bits per heavy atom. The van der Waals surface area contributed by atoms with Crippen molar-refractivity contribution in [3.63, 3.8) is 0 Å². The van der Waals surface area contributed by atoms with E-state index >= 15 is 0 Å². The van der Waals surface area contributed by atoms with E-state index in [-0.39, 0.29) is 5.91 Å². The number of likely N-dealkylation sites (N-methyl/N-ethyl adjacent to an activating group) is 1. The molecule has 0 radical (unpaired) electrons. The number of rotatable bonds is 7. The first kappa shape index (κ1) is 18.0. The molecule has 1 aromatic rings. The topological polar surface area (TPSA) is 49.6 Å². The molecule has 0 bridgehead atoms. The van der Waals surface area contributed by atoms with Crippen LogP contribution >= 0.6 is 0 Å². The van der Waals surface area contributed by atoms with E-state index in [2.05, 4.69) is 42.2 Å². The Kier molecular flexibility index (Phi) is 6.19. The molecule has 2 rings (SSSR count). The van der Waals surface area contributed by atoms with Crippen LogP contribution in [0.3, 0.4) is 0 Å². The lowest BCUT2D eigenvalue weighted by Gasteiger charge is -2.30. The molecule has 1 saturated heterocycles. The Bertz CT molecular complexity index is 501. The van der Waals surface area contributed by atoms with Gasteiger partial charge in [-0.2, -0.15) is 0 Å². The molecule has 2 atom stereocenters. The van der Waals surface area contributed by atoms with Gasteiger partial charge in [0.25, 0.3) is 0 Å². The minimum Gasteiger partial charge on any atom is -0.344 e. The van der Waals surface area contributed by atoms with Crippen LogP contribution in [0.15, 0.2) is 30.3 Å². The van der Waals surface area contributed by atoms with Crippen molar-refractivity contribution in [3.05, 3.63) is 35.9 Å². The predicted octanol–water partition coefficient (Wildman–Crippen LogP) is 2.48. The van der Waals surface area contributed by atoms with Crippen LogP contribution in [-0.4, -0.2) is 47.9 Å². The van der Waals surface area contributed by atoms with Crippen LogP contribution in [0.25, 0.3) is 0 Å². The van der Waals surface area contributed by atoms with Crippen molar-refractivity contribution in [2.45, 2.75) is 45.2 Å². The average molecular weight is 317 g/mol. The number of carbonyl (C=O) groups excluding carboxylic acids is 1. The molecule has 0 saturated carbocycles. The third-order valence-corrected chi connectivity index (χ3v) is 4.76. The number of nitrogens with zero attached hydrogens (tertiary/aromatic N) is 2. The number of amides is 1. The van der Waals surface area contributed by atoms with Crippen molar-refractivity contribution < 1.29 is 4.79 Å². The quantitative estimate of drug-likeness (QED) is 0.840. The second-order valence-electron chi connectivity index (χ2n) is 7.23. The summed E-state index contributed by atoms with van der Waals surface area (Å²) >= 11 is 0. The van der Waals surface area contributed by atoms with Gasteiger partial charge in [0.05, 0.1) is 5.54 Å². The van der Waals surface area contributed by atoms with Crippen LogP contribution in [0.5, 0.6) is 0 Å². The summed E-state index contributed by atoms with van der Waals surface area (Å²) in [6.07, 6.45) is 2.82. The van der Waals surface area contributed by atoms with E-state index < -0.39 is 5.54 Å². The molecule has 1 fully saturated rings. The fraction of sp³-hybridized carbons (Fsp3) is 0.632. The highest BCUT2D eigenvalue weighted by Crippen LogP contribution is 2.21. The lowest BCUT2D eigenvalue weighted by molar-refractivity contribution is -0.135. The van der Waals surface area contributed by atoms with E-state index in [4.69, 9.17) is 5.73 Å². The van der Waals surface area contributed by atoms with Gasteiger partial charge < -0.3 is 10.6 Å². The zero-order valence-corrected chi connectivity index (χ0v) is 14.8. The van der Waals surface area contributed by atoms with Gasteiger partial charge in [-0.1, -0.05) is 43.7 Å². The van der Waals surface area contributed by atoms with Gasteiger partial charge in [0, 0.05) is 26.7 Å². The van der Waals surface area contributed by atoms with E-state index in [0.29, 0.717) is 5.92 Å². The Morgan fingerprint density at radius 2 is 2.09 bits per heavy atom. The van der Waals surface area contributed by atoms with Crippen LogP contribution < -0.4 is 5.73 Å². The molecular formula is C19H31N3O. The molecule has 1 aromatic carbocycles. The summed E-state index contributed by atoms with van der Waals surface area (Å²) in [5, 5.41) is 0. The summed E-state index contributed by atoms with van der Waals surface area (Å²) in [5.74, 6) is 0.617. The van der Waals surface area contributed by atoms with Gasteiger partial charge in [-0.15, -0.1) is 0 Å². The van der Waals surface area contributed by atoms with E-state index in [0.717, 1.165) is 45.4 Å². The molecule has 1 heterocycles. The summed E-state index contributed by atoms with van der Waals surface area (Å²) in [7, 11) is 1.89. The molecule has 0 spiro atoms. The first-order valence-corrected chi connectivity index (χ1v) is 8.73. The Labute approximate surface area is 140 Å². The van der Waals surface area contributed by atoms with Crippen molar-refractivity contribution in [1.82, 2.24) is 9.80 Å². The second kappa shape index (κ2) is 7.93. The molecule has 4 nitrogen and oxygen atoms in total. The lowest BCUT2D eigenvalue weighted by Crippen LogP contribution is -2.53. The summed E-state index contributed by atoms with van der Waals surface area (Å²) < 4.78 is 0. The average Bonchev–Trinajstić information content (AvgIpc) is 2.94. The summed E-state index contributed by atoms with van der Waals surface area (Å²) in [6, 6.07) is 10.6. The van der Waals surface area contributed by atoms with Gasteiger partial charge in [-0.25, -0.2) is 0 Å². The third-order valence-electron chi connectivity index (χ3n) is 4.76. The third kappa shape index (κ3) is 5.05. The van der Waals surface area contributed by atoms with E-state index in [1.807, 2.05) is 18.9 Å². The van der Waals surface area contributed by atoms with Crippen LogP contribution in [0.2, 0.25) is 0 Å². The Hall–Kier alpha value is -1.39. The lowest BCUT2D eigenvalue weighted by atomic mass is 9.95.